The highest BCUT2D eigenvalue weighted by Gasteiger charge is 2.14. The normalized spacial score (nSPS) is 13.4. The smallest absolute Gasteiger partial charge is 0.346 e. The largest absolute Gasteiger partial charge is 0.403 e. The van der Waals surface area contributed by atoms with Gasteiger partial charge in [0.15, 0.2) is 0 Å². The summed E-state index contributed by atoms with van der Waals surface area (Å²) in [7, 11) is 0. The van der Waals surface area contributed by atoms with Crippen LogP contribution in [0.4, 0.5) is 0 Å². The second kappa shape index (κ2) is 4.01. The molecule has 1 heterocycles. The number of benzene rings is 1. The van der Waals surface area contributed by atoms with Crippen LogP contribution in [0.3, 0.4) is 0 Å². The van der Waals surface area contributed by atoms with Gasteiger partial charge in [-0.25, -0.2) is 9.78 Å². The average molecular weight is 225 g/mol. The first-order chi connectivity index (χ1) is 8.34. The minimum Gasteiger partial charge on any atom is -0.403 e. The van der Waals surface area contributed by atoms with Crippen molar-refractivity contribution in [1.29, 1.82) is 0 Å². The van der Waals surface area contributed by atoms with Gasteiger partial charge in [-0.15, -0.1) is 0 Å². The van der Waals surface area contributed by atoms with Crippen LogP contribution in [0.15, 0.2) is 45.6 Å². The van der Waals surface area contributed by atoms with Crippen molar-refractivity contribution >= 4 is 6.08 Å². The van der Waals surface area contributed by atoms with Gasteiger partial charge in [0.25, 0.3) is 0 Å². The molecular formula is C14H11NO2. The van der Waals surface area contributed by atoms with E-state index in [0.717, 1.165) is 24.1 Å². The third-order valence-electron chi connectivity index (χ3n) is 2.81. The first-order valence-corrected chi connectivity index (χ1v) is 5.60. The van der Waals surface area contributed by atoms with Gasteiger partial charge in [-0.05, 0) is 31.1 Å². The van der Waals surface area contributed by atoms with Crippen LogP contribution in [-0.4, -0.2) is 4.98 Å². The van der Waals surface area contributed by atoms with Crippen LogP contribution in [0.1, 0.15) is 17.7 Å². The highest BCUT2D eigenvalue weighted by Crippen LogP contribution is 2.19. The maximum atomic E-state index is 11.8. The lowest BCUT2D eigenvalue weighted by Crippen LogP contribution is -2.12. The van der Waals surface area contributed by atoms with Crippen molar-refractivity contribution in [1.82, 2.24) is 4.98 Å². The molecule has 0 amide bonds. The van der Waals surface area contributed by atoms with Gasteiger partial charge in [0, 0.05) is 5.56 Å². The van der Waals surface area contributed by atoms with E-state index in [9.17, 15) is 4.79 Å². The summed E-state index contributed by atoms with van der Waals surface area (Å²) in [6.45, 7) is 0. The Morgan fingerprint density at radius 2 is 2.00 bits per heavy atom. The highest BCUT2D eigenvalue weighted by atomic mass is 16.4. The van der Waals surface area contributed by atoms with E-state index in [0.29, 0.717) is 11.5 Å². The SMILES string of the molecule is O=c1oc(-c2ccccc2)nc2c1C=CCC2. The van der Waals surface area contributed by atoms with Gasteiger partial charge in [-0.3, -0.25) is 0 Å². The van der Waals surface area contributed by atoms with E-state index in [2.05, 4.69) is 4.98 Å². The Labute approximate surface area is 98.4 Å². The van der Waals surface area contributed by atoms with Crippen LogP contribution in [0.5, 0.6) is 0 Å². The Hall–Kier alpha value is -2.16. The molecule has 0 radical (unpaired) electrons. The van der Waals surface area contributed by atoms with Crippen LogP contribution in [0.2, 0.25) is 0 Å². The lowest BCUT2D eigenvalue weighted by atomic mass is 10.0. The number of fused-ring (bicyclic) bond motifs is 1. The van der Waals surface area contributed by atoms with E-state index in [1.165, 1.54) is 0 Å². The van der Waals surface area contributed by atoms with E-state index in [-0.39, 0.29) is 5.63 Å². The number of aryl methyl sites for hydroxylation is 1. The molecule has 0 fully saturated rings. The fraction of sp³-hybridized carbons (Fsp3) is 0.143. The zero-order valence-electron chi connectivity index (χ0n) is 9.22. The Morgan fingerprint density at radius 1 is 1.18 bits per heavy atom. The van der Waals surface area contributed by atoms with Crippen LogP contribution in [0.25, 0.3) is 17.5 Å². The van der Waals surface area contributed by atoms with Crippen molar-refractivity contribution in [3.8, 4) is 11.5 Å². The molecule has 17 heavy (non-hydrogen) atoms. The fourth-order valence-electron chi connectivity index (χ4n) is 1.95. The maximum Gasteiger partial charge on any atom is 0.346 e. The summed E-state index contributed by atoms with van der Waals surface area (Å²) in [6.07, 6.45) is 5.50. The molecule has 0 bridgehead atoms. The molecule has 0 aliphatic heterocycles. The summed E-state index contributed by atoms with van der Waals surface area (Å²) in [5.74, 6) is 0.407. The molecule has 0 spiro atoms. The Balaban J connectivity index is 2.18. The minimum absolute atomic E-state index is 0.301. The summed E-state index contributed by atoms with van der Waals surface area (Å²) in [5, 5.41) is 0. The summed E-state index contributed by atoms with van der Waals surface area (Å²) in [4.78, 5) is 16.2. The monoisotopic (exact) mass is 225 g/mol. The highest BCUT2D eigenvalue weighted by molar-refractivity contribution is 5.57. The summed E-state index contributed by atoms with van der Waals surface area (Å²) < 4.78 is 5.24. The number of rotatable bonds is 1. The summed E-state index contributed by atoms with van der Waals surface area (Å²) in [6, 6.07) is 9.49. The van der Waals surface area contributed by atoms with Crippen LogP contribution in [0, 0.1) is 0 Å². The Kier molecular flexibility index (Phi) is 2.37. The maximum absolute atomic E-state index is 11.8. The van der Waals surface area contributed by atoms with E-state index in [1.807, 2.05) is 36.4 Å². The van der Waals surface area contributed by atoms with Crippen LogP contribution < -0.4 is 5.63 Å². The van der Waals surface area contributed by atoms with Gasteiger partial charge in [0.05, 0.1) is 11.3 Å². The molecule has 0 unspecified atom stereocenters. The second-order valence-corrected chi connectivity index (χ2v) is 3.97. The van der Waals surface area contributed by atoms with E-state index >= 15 is 0 Å². The van der Waals surface area contributed by atoms with Crippen molar-refractivity contribution in [2.24, 2.45) is 0 Å². The first kappa shape index (κ1) is 10.0. The van der Waals surface area contributed by atoms with Crippen molar-refractivity contribution in [3.63, 3.8) is 0 Å². The van der Waals surface area contributed by atoms with Gasteiger partial charge in [0.1, 0.15) is 0 Å². The number of hydrogen-bond donors (Lipinski definition) is 0. The predicted octanol–water partition coefficient (Wildman–Crippen LogP) is 2.66. The number of nitrogens with zero attached hydrogens (tertiary/aromatic N) is 1. The summed E-state index contributed by atoms with van der Waals surface area (Å²) in [5.41, 5.74) is 1.96. The predicted molar refractivity (Wildman–Crippen MR) is 65.6 cm³/mol. The lowest BCUT2D eigenvalue weighted by molar-refractivity contribution is 0.499. The molecule has 1 aliphatic carbocycles. The molecule has 0 atom stereocenters. The van der Waals surface area contributed by atoms with E-state index in [4.69, 9.17) is 4.42 Å². The third kappa shape index (κ3) is 1.80. The molecule has 1 aromatic heterocycles. The van der Waals surface area contributed by atoms with Crippen LogP contribution >= 0.6 is 0 Å². The number of aromatic nitrogens is 1. The van der Waals surface area contributed by atoms with Crippen molar-refractivity contribution < 1.29 is 4.42 Å². The minimum atomic E-state index is -0.301. The fourth-order valence-corrected chi connectivity index (χ4v) is 1.95. The van der Waals surface area contributed by atoms with Gasteiger partial charge in [-0.1, -0.05) is 24.3 Å². The van der Waals surface area contributed by atoms with Gasteiger partial charge in [-0.2, -0.15) is 0 Å². The Morgan fingerprint density at radius 3 is 2.82 bits per heavy atom. The molecule has 3 heteroatoms. The van der Waals surface area contributed by atoms with Gasteiger partial charge >= 0.3 is 5.63 Å². The van der Waals surface area contributed by atoms with E-state index < -0.39 is 0 Å². The summed E-state index contributed by atoms with van der Waals surface area (Å²) >= 11 is 0. The zero-order chi connectivity index (χ0) is 11.7. The molecule has 1 aromatic carbocycles. The van der Waals surface area contributed by atoms with Crippen molar-refractivity contribution in [2.45, 2.75) is 12.8 Å². The second-order valence-electron chi connectivity index (χ2n) is 3.97. The molecule has 0 saturated heterocycles. The standard InChI is InChI=1S/C14H11NO2/c16-14-11-8-4-5-9-12(11)15-13(17-14)10-6-2-1-3-7-10/h1-4,6-8H,5,9H2. The molecule has 2 aromatic rings. The third-order valence-corrected chi connectivity index (χ3v) is 2.81. The number of hydrogen-bond acceptors (Lipinski definition) is 3. The van der Waals surface area contributed by atoms with Gasteiger partial charge < -0.3 is 4.42 Å². The first-order valence-electron chi connectivity index (χ1n) is 5.60. The van der Waals surface area contributed by atoms with E-state index in [1.54, 1.807) is 6.08 Å². The quantitative estimate of drug-likeness (QED) is 0.749. The molecule has 3 nitrogen and oxygen atoms in total. The molecule has 1 aliphatic rings. The lowest BCUT2D eigenvalue weighted by Gasteiger charge is -2.08. The van der Waals surface area contributed by atoms with Crippen LogP contribution in [-0.2, 0) is 6.42 Å². The molecular weight excluding hydrogens is 214 g/mol. The number of allylic oxidation sites excluding steroid dienone is 1. The molecule has 84 valence electrons. The molecule has 3 rings (SSSR count). The van der Waals surface area contributed by atoms with Gasteiger partial charge in [0.2, 0.25) is 5.89 Å². The Bertz CT molecular complexity index is 626. The van der Waals surface area contributed by atoms with Crippen molar-refractivity contribution in [3.05, 3.63) is 58.1 Å². The van der Waals surface area contributed by atoms with Crippen molar-refractivity contribution in [2.75, 3.05) is 0 Å². The zero-order valence-corrected chi connectivity index (χ0v) is 9.22. The average Bonchev–Trinajstić information content (AvgIpc) is 2.40. The molecule has 0 N–H and O–H groups in total. The topological polar surface area (TPSA) is 43.1 Å². The molecule has 0 saturated carbocycles.